The van der Waals surface area contributed by atoms with E-state index >= 15 is 0 Å². The molecule has 5 heteroatoms. The van der Waals surface area contributed by atoms with Crippen LogP contribution in [-0.4, -0.2) is 18.1 Å². The molecule has 0 atom stereocenters. The van der Waals surface area contributed by atoms with Crippen molar-refractivity contribution in [2.45, 2.75) is 11.8 Å². The molecule has 0 radical (unpaired) electrons. The highest BCUT2D eigenvalue weighted by atomic mass is 32.2. The monoisotopic (exact) mass is 237 g/mol. The molecule has 2 aromatic rings. The lowest BCUT2D eigenvalue weighted by molar-refractivity contribution is 0.436. The van der Waals surface area contributed by atoms with Crippen LogP contribution < -0.4 is 0 Å². The number of hydrogen-bond donors (Lipinski definition) is 1. The van der Waals surface area contributed by atoms with Gasteiger partial charge in [-0.05, 0) is 29.8 Å². The van der Waals surface area contributed by atoms with Crippen LogP contribution in [0, 0.1) is 6.92 Å². The van der Waals surface area contributed by atoms with Crippen molar-refractivity contribution < 1.29 is 18.1 Å². The summed E-state index contributed by atoms with van der Waals surface area (Å²) >= 11 is 0. The first-order valence-corrected chi connectivity index (χ1v) is 5.98. The molecule has 0 aliphatic rings. The molecule has 0 heterocycles. The minimum absolute atomic E-state index is 0.508. The van der Waals surface area contributed by atoms with Crippen LogP contribution in [0.2, 0.25) is 0 Å². The number of aromatic hydroxyl groups is 1. The molecular weight excluding hydrogens is 228 g/mol. The van der Waals surface area contributed by atoms with Gasteiger partial charge in [-0.3, -0.25) is 0 Å². The molecule has 0 spiro atoms. The Labute approximate surface area is 92.9 Å². The Balaban J connectivity index is 2.84. The SMILES string of the molecule is Cc1ccc2cc(O)c(S(=O)(=O)[O-])cc2c1. The second-order valence-corrected chi connectivity index (χ2v) is 4.97. The van der Waals surface area contributed by atoms with E-state index in [0.29, 0.717) is 10.8 Å². The molecule has 4 nitrogen and oxygen atoms in total. The molecular formula is C11H9O4S-. The summed E-state index contributed by atoms with van der Waals surface area (Å²) in [7, 11) is -4.64. The molecule has 16 heavy (non-hydrogen) atoms. The van der Waals surface area contributed by atoms with Gasteiger partial charge in [0, 0.05) is 0 Å². The maximum absolute atomic E-state index is 10.9. The van der Waals surface area contributed by atoms with E-state index in [1.54, 1.807) is 12.1 Å². The van der Waals surface area contributed by atoms with Crippen LogP contribution in [0.1, 0.15) is 5.56 Å². The fourth-order valence-electron chi connectivity index (χ4n) is 1.58. The maximum atomic E-state index is 10.9. The summed E-state index contributed by atoms with van der Waals surface area (Å²) in [4.78, 5) is -0.578. The van der Waals surface area contributed by atoms with Crippen LogP contribution in [0.4, 0.5) is 0 Å². The lowest BCUT2D eigenvalue weighted by Gasteiger charge is -2.10. The molecule has 0 aromatic heterocycles. The van der Waals surface area contributed by atoms with Crippen LogP contribution in [-0.2, 0) is 10.1 Å². The quantitative estimate of drug-likeness (QED) is 0.766. The van der Waals surface area contributed by atoms with Crippen molar-refractivity contribution in [1.29, 1.82) is 0 Å². The van der Waals surface area contributed by atoms with Gasteiger partial charge in [0.25, 0.3) is 0 Å². The third kappa shape index (κ3) is 1.87. The van der Waals surface area contributed by atoms with E-state index in [1.165, 1.54) is 12.1 Å². The molecule has 0 saturated carbocycles. The van der Waals surface area contributed by atoms with E-state index in [9.17, 15) is 18.1 Å². The molecule has 84 valence electrons. The summed E-state index contributed by atoms with van der Waals surface area (Å²) in [6.07, 6.45) is 0. The van der Waals surface area contributed by atoms with Gasteiger partial charge in [0.2, 0.25) is 0 Å². The largest absolute Gasteiger partial charge is 0.744 e. The Morgan fingerprint density at radius 3 is 2.44 bits per heavy atom. The summed E-state index contributed by atoms with van der Waals surface area (Å²) in [6, 6.07) is 7.82. The molecule has 0 bridgehead atoms. The summed E-state index contributed by atoms with van der Waals surface area (Å²) in [5.41, 5.74) is 0.951. The van der Waals surface area contributed by atoms with Crippen molar-refractivity contribution >= 4 is 20.9 Å². The van der Waals surface area contributed by atoms with E-state index < -0.39 is 20.8 Å². The minimum Gasteiger partial charge on any atom is -0.744 e. The predicted molar refractivity (Wildman–Crippen MR) is 58.3 cm³/mol. The number of fused-ring (bicyclic) bond motifs is 1. The van der Waals surface area contributed by atoms with Gasteiger partial charge in [-0.2, -0.15) is 0 Å². The number of benzene rings is 2. The first-order valence-electron chi connectivity index (χ1n) is 4.57. The number of phenols is 1. The van der Waals surface area contributed by atoms with Gasteiger partial charge in [-0.15, -0.1) is 0 Å². The normalized spacial score (nSPS) is 11.9. The summed E-state index contributed by atoms with van der Waals surface area (Å²) < 4.78 is 32.6. The first-order chi connectivity index (χ1) is 7.38. The number of aryl methyl sites for hydroxylation is 1. The molecule has 0 amide bonds. The smallest absolute Gasteiger partial charge is 0.133 e. The zero-order chi connectivity index (χ0) is 11.9. The van der Waals surface area contributed by atoms with Gasteiger partial charge in [0.15, 0.2) is 0 Å². The Morgan fingerprint density at radius 2 is 1.81 bits per heavy atom. The van der Waals surface area contributed by atoms with Gasteiger partial charge in [-0.1, -0.05) is 23.8 Å². The highest BCUT2D eigenvalue weighted by molar-refractivity contribution is 7.85. The van der Waals surface area contributed by atoms with E-state index in [1.807, 2.05) is 13.0 Å². The van der Waals surface area contributed by atoms with Crippen molar-refractivity contribution in [2.75, 3.05) is 0 Å². The first kappa shape index (κ1) is 10.9. The van der Waals surface area contributed by atoms with Crippen molar-refractivity contribution in [3.63, 3.8) is 0 Å². The van der Waals surface area contributed by atoms with Crippen LogP contribution in [0.5, 0.6) is 5.75 Å². The number of hydrogen-bond acceptors (Lipinski definition) is 4. The Hall–Kier alpha value is -1.59. The van der Waals surface area contributed by atoms with Crippen LogP contribution in [0.3, 0.4) is 0 Å². The summed E-state index contributed by atoms with van der Waals surface area (Å²) in [5, 5.41) is 10.7. The Kier molecular flexibility index (Phi) is 2.36. The third-order valence-electron chi connectivity index (χ3n) is 2.34. The number of phenolic OH excluding ortho intramolecular Hbond substituents is 1. The molecule has 0 unspecified atom stereocenters. The minimum atomic E-state index is -4.64. The van der Waals surface area contributed by atoms with Crippen molar-refractivity contribution in [3.05, 3.63) is 35.9 Å². The Morgan fingerprint density at radius 1 is 1.12 bits per heavy atom. The highest BCUT2D eigenvalue weighted by Crippen LogP contribution is 2.28. The van der Waals surface area contributed by atoms with E-state index in [0.717, 1.165) is 5.56 Å². The maximum Gasteiger partial charge on any atom is 0.133 e. The van der Waals surface area contributed by atoms with Crippen LogP contribution in [0.15, 0.2) is 35.2 Å². The van der Waals surface area contributed by atoms with Crippen LogP contribution in [0.25, 0.3) is 10.8 Å². The second kappa shape index (κ2) is 3.47. The standard InChI is InChI=1S/C11H10O4S/c1-7-2-3-8-5-10(12)11(16(13,14)15)6-9(8)4-7/h2-6,12H,1H3,(H,13,14,15)/p-1. The fourth-order valence-corrected chi connectivity index (χ4v) is 2.17. The van der Waals surface area contributed by atoms with Gasteiger partial charge < -0.3 is 9.66 Å². The van der Waals surface area contributed by atoms with E-state index in [2.05, 4.69) is 0 Å². The fraction of sp³-hybridized carbons (Fsp3) is 0.0909. The van der Waals surface area contributed by atoms with Gasteiger partial charge in [0.1, 0.15) is 15.9 Å². The van der Waals surface area contributed by atoms with Crippen molar-refractivity contribution in [1.82, 2.24) is 0 Å². The van der Waals surface area contributed by atoms with Crippen LogP contribution >= 0.6 is 0 Å². The topological polar surface area (TPSA) is 77.4 Å². The third-order valence-corrected chi connectivity index (χ3v) is 3.21. The summed E-state index contributed by atoms with van der Waals surface area (Å²) in [5.74, 6) is -0.508. The lowest BCUT2D eigenvalue weighted by Crippen LogP contribution is -1.98. The zero-order valence-electron chi connectivity index (χ0n) is 8.47. The van der Waals surface area contributed by atoms with Gasteiger partial charge in [0.05, 0.1) is 4.90 Å². The lowest BCUT2D eigenvalue weighted by atomic mass is 10.1. The van der Waals surface area contributed by atoms with Crippen molar-refractivity contribution in [3.8, 4) is 5.75 Å². The molecule has 0 aliphatic heterocycles. The second-order valence-electron chi connectivity index (χ2n) is 3.62. The molecule has 0 fully saturated rings. The summed E-state index contributed by atoms with van der Waals surface area (Å²) in [6.45, 7) is 1.86. The zero-order valence-corrected chi connectivity index (χ0v) is 9.28. The number of rotatable bonds is 1. The molecule has 1 N–H and O–H groups in total. The predicted octanol–water partition coefficient (Wildman–Crippen LogP) is 1.76. The highest BCUT2D eigenvalue weighted by Gasteiger charge is 2.09. The van der Waals surface area contributed by atoms with Crippen molar-refractivity contribution in [2.24, 2.45) is 0 Å². The van der Waals surface area contributed by atoms with E-state index in [4.69, 9.17) is 0 Å². The molecule has 2 rings (SSSR count). The molecule has 0 aliphatic carbocycles. The molecule has 0 saturated heterocycles. The van der Waals surface area contributed by atoms with E-state index in [-0.39, 0.29) is 0 Å². The molecule has 2 aromatic carbocycles. The Bertz CT molecular complexity index is 659. The van der Waals surface area contributed by atoms with Gasteiger partial charge in [-0.25, -0.2) is 8.42 Å². The average molecular weight is 237 g/mol. The van der Waals surface area contributed by atoms with Gasteiger partial charge >= 0.3 is 0 Å². The average Bonchev–Trinajstić information content (AvgIpc) is 2.16.